The number of rotatable bonds is 18. The van der Waals surface area contributed by atoms with Gasteiger partial charge in [0.15, 0.2) is 0 Å². The zero-order valence-electron chi connectivity index (χ0n) is 79.1. The highest BCUT2D eigenvalue weighted by molar-refractivity contribution is 4.58. The lowest BCUT2D eigenvalue weighted by Crippen LogP contribution is -2.15. The molecular formula is C83H194F10. The van der Waals surface area contributed by atoms with Crippen molar-refractivity contribution in [2.24, 2.45) is 47.3 Å². The topological polar surface area (TPSA) is 0 Å². The van der Waals surface area contributed by atoms with E-state index in [4.69, 9.17) is 8.22 Å². The highest BCUT2D eigenvalue weighted by atomic mass is 19.4. The monoisotopic (exact) mass is 1390 g/mol. The first-order valence-corrected chi connectivity index (χ1v) is 37.7. The molecule has 0 aromatic carbocycles. The Balaban J connectivity index is -0.0000000403. The molecule has 0 aromatic heterocycles. The fraction of sp³-hybridized carbons (Fsp3) is 1.00. The summed E-state index contributed by atoms with van der Waals surface area (Å²) in [4.78, 5) is 0. The van der Waals surface area contributed by atoms with Crippen LogP contribution >= 0.6 is 0 Å². The van der Waals surface area contributed by atoms with Gasteiger partial charge in [-0.05, 0) is 68.6 Å². The van der Waals surface area contributed by atoms with Crippen LogP contribution in [0.1, 0.15) is 480 Å². The van der Waals surface area contributed by atoms with Gasteiger partial charge in [-0.1, -0.05) is 419 Å². The molecule has 10 heteroatoms. The third kappa shape index (κ3) is 619. The standard InChI is InChI=1S/3C5H10F2.C5H11F.5C5H12.C4H7F3.7C4H10.2C3H8/c2*1-3-4-5(2,6)7;1-3-5(6,7)4-2;1-3-4-5(2)6;2*1-4-5(2)3;3*1-3-5-4-2;1-3(2)4(5,6)7;5*1-4(2)3;2*1-3-4-2;2*1-3-2/h3*3-4H2,1-2H3;5H,3-4H2,1-2H3;2*5H,4H2,1-3H3;3*3-5H2,1-2H3;3H,1-2H3;5*4H,1-3H3;2*3-4H2,1-2H3;2*3H2,1-2H3/i;;;;;;;;;;2*4D;;;;3D2;;3D2;. The molecule has 0 fully saturated rings. The minimum absolute atomic E-state index is 0.00694. The minimum atomic E-state index is -4.00. The molecule has 0 amide bonds. The maximum atomic E-state index is 11.9. The van der Waals surface area contributed by atoms with Crippen LogP contribution in [0.2, 0.25) is 0 Å². The van der Waals surface area contributed by atoms with Crippen molar-refractivity contribution in [3.05, 3.63) is 0 Å². The molecule has 0 saturated carbocycles. The lowest BCUT2D eigenvalue weighted by atomic mass is 10.2. The van der Waals surface area contributed by atoms with E-state index in [0.717, 1.165) is 63.7 Å². The summed E-state index contributed by atoms with van der Waals surface area (Å²) in [6.45, 7) is 86.4. The smallest absolute Gasteiger partial charge is 0.248 e. The van der Waals surface area contributed by atoms with Crippen LogP contribution in [0.3, 0.4) is 0 Å². The minimum Gasteiger partial charge on any atom is -0.248 e. The predicted octanol–water partition coefficient (Wildman–Crippen LogP) is 37.1. The van der Waals surface area contributed by atoms with Crippen LogP contribution < -0.4 is 0 Å². The third-order valence-corrected chi connectivity index (χ3v) is 8.36. The van der Waals surface area contributed by atoms with Crippen molar-refractivity contribution in [1.82, 2.24) is 0 Å². The first-order valence-electron chi connectivity index (χ1n) is 40.7. The molecule has 0 N–H and O–H groups in total. The molecule has 93 heavy (non-hydrogen) atoms. The number of alkyl halides is 10. The summed E-state index contributed by atoms with van der Waals surface area (Å²) in [6.07, 6.45) is 15.5. The van der Waals surface area contributed by atoms with Gasteiger partial charge in [-0.25, -0.2) is 30.7 Å². The second-order valence-electron chi connectivity index (χ2n) is 27.2. The Hall–Kier alpha value is -0.700. The van der Waals surface area contributed by atoms with Crippen LogP contribution in [0.4, 0.5) is 43.9 Å². The molecule has 0 heterocycles. The van der Waals surface area contributed by atoms with Crippen LogP contribution in [0.5, 0.6) is 0 Å². The Morgan fingerprint density at radius 1 is 0.323 bits per heavy atom. The van der Waals surface area contributed by atoms with E-state index >= 15 is 0 Å². The lowest BCUT2D eigenvalue weighted by molar-refractivity contribution is -0.164. The van der Waals surface area contributed by atoms with E-state index in [9.17, 15) is 43.9 Å². The second kappa shape index (κ2) is 131. The number of unbranched alkanes of at least 4 members (excludes halogenated alkanes) is 7. The number of hydrogen-bond acceptors (Lipinski definition) is 0. The van der Waals surface area contributed by atoms with Crippen LogP contribution in [0.15, 0.2) is 0 Å². The normalized spacial score (nSPS) is 11.5. The average Bonchev–Trinajstić information content (AvgIpc) is 3.55. The van der Waals surface area contributed by atoms with Crippen molar-refractivity contribution in [2.45, 2.75) is 502 Å². The molecule has 0 spiro atoms. The summed E-state index contributed by atoms with van der Waals surface area (Å²) < 4.78 is 157. The lowest BCUT2D eigenvalue weighted by Gasteiger charge is -2.08. The molecule has 0 aliphatic heterocycles. The summed E-state index contributed by atoms with van der Waals surface area (Å²) in [7, 11) is 0. The molecule has 0 bridgehead atoms. The largest absolute Gasteiger partial charge is 0.391 e. The summed E-state index contributed by atoms with van der Waals surface area (Å²) in [5.41, 5.74) is 0. The van der Waals surface area contributed by atoms with E-state index in [1.807, 2.05) is 55.4 Å². The summed E-state index contributed by atoms with van der Waals surface area (Å²) >= 11 is 0. The summed E-state index contributed by atoms with van der Waals surface area (Å²) in [6, 6.07) is 0. The maximum Gasteiger partial charge on any atom is 0.391 e. The first kappa shape index (κ1) is 122. The van der Waals surface area contributed by atoms with Crippen molar-refractivity contribution >= 4 is 0 Å². The molecule has 1 atom stereocenters. The summed E-state index contributed by atoms with van der Waals surface area (Å²) in [5.74, 6) is -4.75. The van der Waals surface area contributed by atoms with Crippen LogP contribution in [0.25, 0.3) is 0 Å². The van der Waals surface area contributed by atoms with Gasteiger partial charge in [0.25, 0.3) is 0 Å². The Morgan fingerprint density at radius 3 is 0.473 bits per heavy atom. The molecule has 0 aliphatic rings. The van der Waals surface area contributed by atoms with Crippen LogP contribution in [-0.2, 0) is 0 Å². The van der Waals surface area contributed by atoms with Gasteiger partial charge in [0, 0.05) is 39.8 Å². The molecular weight excluding hydrogens is 1190 g/mol. The van der Waals surface area contributed by atoms with Crippen molar-refractivity contribution in [3.8, 4) is 0 Å². The van der Waals surface area contributed by atoms with Crippen molar-refractivity contribution in [2.75, 3.05) is 0 Å². The molecule has 0 aromatic rings. The van der Waals surface area contributed by atoms with Gasteiger partial charge in [0.05, 0.1) is 6.17 Å². The van der Waals surface area contributed by atoms with E-state index in [1.54, 1.807) is 27.7 Å². The SMILES string of the molecule is CC(C)C.CC(C)C.CC(C)C.CC(C)C(F)(F)F.CCC.CCC(C)C.CCC(C)C.CCC(F)(F)CC.CCCC.CCCC(C)(F)F.CCCC(C)(F)F.CCCC(C)F.CCCCC.CCCCC.CCCCC.[2H]C(C)(C)C.[2H]C(C)(C)C.[2H]C([2H])(C)C.[2H]C([2H])(C)CC. The van der Waals surface area contributed by atoms with Gasteiger partial charge in [-0.2, -0.15) is 13.2 Å². The Morgan fingerprint density at radius 2 is 0.473 bits per heavy atom. The first-order chi connectivity index (χ1) is 43.8. The Kier molecular flexibility index (Phi) is 173. The maximum absolute atomic E-state index is 11.9. The van der Waals surface area contributed by atoms with Crippen molar-refractivity contribution in [1.29, 1.82) is 0 Å². The molecule has 0 nitrogen and oxygen atoms in total. The highest BCUT2D eigenvalue weighted by Crippen LogP contribution is 2.24. The van der Waals surface area contributed by atoms with Crippen LogP contribution in [0, 0.1) is 47.3 Å². The quantitative estimate of drug-likeness (QED) is 0.120. The molecule has 0 radical (unpaired) electrons. The Labute approximate surface area is 599 Å². The fourth-order valence-corrected chi connectivity index (χ4v) is 2.59. The molecule has 596 valence electrons. The van der Waals surface area contributed by atoms with E-state index in [-0.39, 0.29) is 37.5 Å². The van der Waals surface area contributed by atoms with Gasteiger partial charge in [0.2, 0.25) is 17.8 Å². The molecule has 1 unspecified atom stereocenters. The predicted molar refractivity (Wildman–Crippen MR) is 424 cm³/mol. The van der Waals surface area contributed by atoms with E-state index in [2.05, 4.69) is 173 Å². The third-order valence-electron chi connectivity index (χ3n) is 8.36. The number of halogens is 10. The molecule has 0 rings (SSSR count). The Bertz CT molecular complexity index is 1070. The zero-order valence-corrected chi connectivity index (χ0v) is 73.1. The van der Waals surface area contributed by atoms with E-state index < -0.39 is 48.8 Å². The fourth-order valence-electron chi connectivity index (χ4n) is 2.59. The molecule has 0 aliphatic carbocycles. The second-order valence-corrected chi connectivity index (χ2v) is 27.2. The van der Waals surface area contributed by atoms with Crippen molar-refractivity contribution < 1.29 is 52.1 Å². The van der Waals surface area contributed by atoms with Gasteiger partial charge in [-0.15, -0.1) is 0 Å². The molecule has 0 saturated heterocycles. The van der Waals surface area contributed by atoms with E-state index in [1.165, 1.54) is 118 Å². The van der Waals surface area contributed by atoms with Gasteiger partial charge >= 0.3 is 6.18 Å². The summed E-state index contributed by atoms with van der Waals surface area (Å²) in [5, 5.41) is 0. The van der Waals surface area contributed by atoms with Gasteiger partial charge in [0.1, 0.15) is 0 Å². The van der Waals surface area contributed by atoms with Gasteiger partial charge < -0.3 is 0 Å². The van der Waals surface area contributed by atoms with Crippen molar-refractivity contribution in [3.63, 3.8) is 0 Å². The zero-order chi connectivity index (χ0) is 85.3. The average molecular weight is 1390 g/mol. The van der Waals surface area contributed by atoms with E-state index in [0.29, 0.717) is 25.7 Å². The van der Waals surface area contributed by atoms with Gasteiger partial charge in [-0.3, -0.25) is 0 Å². The highest BCUT2D eigenvalue weighted by Gasteiger charge is 2.31. The van der Waals surface area contributed by atoms with Crippen LogP contribution in [-0.4, -0.2) is 30.1 Å². The number of hydrogen-bond donors (Lipinski definition) is 0.